The molecule has 2 unspecified atom stereocenters. The van der Waals surface area contributed by atoms with Crippen molar-refractivity contribution >= 4 is 21.4 Å². The number of sulfonamides is 1. The number of benzene rings is 1. The van der Waals surface area contributed by atoms with Gasteiger partial charge in [-0.25, -0.2) is 13.1 Å². The van der Waals surface area contributed by atoms with Crippen molar-refractivity contribution in [2.24, 2.45) is 5.92 Å². The molecule has 1 aromatic rings. The predicted octanol–water partition coefficient (Wildman–Crippen LogP) is 1.71. The van der Waals surface area contributed by atoms with Gasteiger partial charge < -0.3 is 5.32 Å². The van der Waals surface area contributed by atoms with Gasteiger partial charge in [-0.1, -0.05) is 6.92 Å². The van der Waals surface area contributed by atoms with E-state index in [1.807, 2.05) is 13.8 Å². The van der Waals surface area contributed by atoms with Crippen LogP contribution in [0.4, 0.5) is 11.4 Å². The molecule has 0 amide bonds. The van der Waals surface area contributed by atoms with Crippen LogP contribution in [0.5, 0.6) is 0 Å². The summed E-state index contributed by atoms with van der Waals surface area (Å²) >= 11 is 0. The van der Waals surface area contributed by atoms with Crippen molar-refractivity contribution in [1.82, 2.24) is 4.72 Å². The third-order valence-corrected chi connectivity index (χ3v) is 4.75. The fourth-order valence-corrected chi connectivity index (χ4v) is 3.30. The zero-order valence-electron chi connectivity index (χ0n) is 11.3. The lowest BCUT2D eigenvalue weighted by atomic mass is 10.2. The number of nitrogens with zero attached hydrogens (tertiary/aromatic N) is 1. The Bertz CT molecular complexity index is 630. The SMILES string of the molecule is CCNc1ccc(S(=O)(=O)NC2CC2C)cc1[N+](=O)[O-]. The lowest BCUT2D eigenvalue weighted by Crippen LogP contribution is -2.26. The van der Waals surface area contributed by atoms with Crippen molar-refractivity contribution in [3.63, 3.8) is 0 Å². The van der Waals surface area contributed by atoms with Crippen LogP contribution in [-0.2, 0) is 10.0 Å². The summed E-state index contributed by atoms with van der Waals surface area (Å²) in [5, 5.41) is 13.9. The van der Waals surface area contributed by atoms with Crippen molar-refractivity contribution in [3.8, 4) is 0 Å². The highest BCUT2D eigenvalue weighted by atomic mass is 32.2. The first-order valence-corrected chi connectivity index (χ1v) is 7.88. The van der Waals surface area contributed by atoms with Crippen molar-refractivity contribution in [2.75, 3.05) is 11.9 Å². The Morgan fingerprint density at radius 3 is 2.60 bits per heavy atom. The highest BCUT2D eigenvalue weighted by Crippen LogP contribution is 2.32. The minimum Gasteiger partial charge on any atom is -0.380 e. The van der Waals surface area contributed by atoms with Crippen LogP contribution >= 0.6 is 0 Å². The van der Waals surface area contributed by atoms with Crippen LogP contribution in [0.15, 0.2) is 23.1 Å². The third-order valence-electron chi connectivity index (χ3n) is 3.26. The van der Waals surface area contributed by atoms with Gasteiger partial charge in [0.25, 0.3) is 5.69 Å². The summed E-state index contributed by atoms with van der Waals surface area (Å²) in [5.41, 5.74) is 0.0785. The Kier molecular flexibility index (Phi) is 3.96. The van der Waals surface area contributed by atoms with E-state index >= 15 is 0 Å². The predicted molar refractivity (Wildman–Crippen MR) is 75.2 cm³/mol. The smallest absolute Gasteiger partial charge is 0.293 e. The van der Waals surface area contributed by atoms with Gasteiger partial charge in [-0.2, -0.15) is 0 Å². The minimum atomic E-state index is -3.70. The molecule has 0 heterocycles. The first-order valence-electron chi connectivity index (χ1n) is 6.39. The molecule has 2 rings (SSSR count). The quantitative estimate of drug-likeness (QED) is 0.615. The second-order valence-corrected chi connectivity index (χ2v) is 6.62. The first-order chi connectivity index (χ1) is 9.35. The number of anilines is 1. The average Bonchev–Trinajstić information content (AvgIpc) is 3.04. The lowest BCUT2D eigenvalue weighted by Gasteiger charge is -2.08. The van der Waals surface area contributed by atoms with Gasteiger partial charge in [-0.05, 0) is 31.4 Å². The van der Waals surface area contributed by atoms with Crippen molar-refractivity contribution in [1.29, 1.82) is 0 Å². The first kappa shape index (κ1) is 14.7. The van der Waals surface area contributed by atoms with Crippen molar-refractivity contribution in [3.05, 3.63) is 28.3 Å². The van der Waals surface area contributed by atoms with Gasteiger partial charge in [-0.3, -0.25) is 10.1 Å². The Morgan fingerprint density at radius 2 is 2.10 bits per heavy atom. The second-order valence-electron chi connectivity index (χ2n) is 4.91. The van der Waals surface area contributed by atoms with Crippen LogP contribution in [0.3, 0.4) is 0 Å². The van der Waals surface area contributed by atoms with E-state index in [1.54, 1.807) is 0 Å². The van der Waals surface area contributed by atoms with E-state index in [0.29, 0.717) is 18.2 Å². The van der Waals surface area contributed by atoms with Gasteiger partial charge in [0.1, 0.15) is 5.69 Å². The highest BCUT2D eigenvalue weighted by Gasteiger charge is 2.36. The topological polar surface area (TPSA) is 101 Å². The maximum atomic E-state index is 12.1. The maximum absolute atomic E-state index is 12.1. The molecule has 20 heavy (non-hydrogen) atoms. The number of hydrogen-bond donors (Lipinski definition) is 2. The number of nitrogens with one attached hydrogen (secondary N) is 2. The summed E-state index contributed by atoms with van der Waals surface area (Å²) in [6, 6.07) is 3.83. The molecule has 0 aliphatic heterocycles. The molecule has 1 saturated carbocycles. The normalized spacial score (nSPS) is 21.5. The summed E-state index contributed by atoms with van der Waals surface area (Å²) in [6.07, 6.45) is 0.802. The molecule has 1 fully saturated rings. The maximum Gasteiger partial charge on any atom is 0.293 e. The summed E-state index contributed by atoms with van der Waals surface area (Å²) in [4.78, 5) is 10.3. The molecule has 0 saturated heterocycles. The summed E-state index contributed by atoms with van der Waals surface area (Å²) in [7, 11) is -3.70. The molecule has 110 valence electrons. The molecular weight excluding hydrogens is 282 g/mol. The van der Waals surface area contributed by atoms with Gasteiger partial charge >= 0.3 is 0 Å². The van der Waals surface area contributed by atoms with E-state index in [1.165, 1.54) is 12.1 Å². The largest absolute Gasteiger partial charge is 0.380 e. The van der Waals surface area contributed by atoms with E-state index < -0.39 is 14.9 Å². The van der Waals surface area contributed by atoms with Crippen molar-refractivity contribution in [2.45, 2.75) is 31.2 Å². The zero-order valence-corrected chi connectivity index (χ0v) is 12.1. The van der Waals surface area contributed by atoms with Gasteiger partial charge in [0.15, 0.2) is 0 Å². The fraction of sp³-hybridized carbons (Fsp3) is 0.500. The van der Waals surface area contributed by atoms with E-state index in [-0.39, 0.29) is 16.6 Å². The second kappa shape index (κ2) is 5.37. The van der Waals surface area contributed by atoms with Crippen LogP contribution < -0.4 is 10.0 Å². The fourth-order valence-electron chi connectivity index (χ4n) is 1.92. The van der Waals surface area contributed by atoms with Crippen LogP contribution in [0.1, 0.15) is 20.3 Å². The molecule has 2 atom stereocenters. The Labute approximate surface area is 117 Å². The molecule has 1 aromatic carbocycles. The van der Waals surface area contributed by atoms with Crippen LogP contribution in [0.25, 0.3) is 0 Å². The Hall–Kier alpha value is -1.67. The molecule has 0 spiro atoms. The molecule has 0 aromatic heterocycles. The number of nitro groups is 1. The van der Waals surface area contributed by atoms with Gasteiger partial charge in [0.05, 0.1) is 9.82 Å². The molecule has 2 N–H and O–H groups in total. The standard InChI is InChI=1S/C12H17N3O4S/c1-3-13-10-5-4-9(7-12(10)15(16)17)20(18,19)14-11-6-8(11)2/h4-5,7-8,11,13-14H,3,6H2,1-2H3. The molecule has 7 nitrogen and oxygen atoms in total. The monoisotopic (exact) mass is 299 g/mol. The summed E-state index contributed by atoms with van der Waals surface area (Å²) in [5.74, 6) is 0.320. The van der Waals surface area contributed by atoms with Crippen LogP contribution in [0, 0.1) is 16.0 Å². The third kappa shape index (κ3) is 3.07. The Morgan fingerprint density at radius 1 is 1.45 bits per heavy atom. The van der Waals surface area contributed by atoms with Crippen LogP contribution in [-0.4, -0.2) is 25.9 Å². The van der Waals surface area contributed by atoms with Gasteiger partial charge in [0.2, 0.25) is 10.0 Å². The van der Waals surface area contributed by atoms with Gasteiger partial charge in [-0.15, -0.1) is 0 Å². The Balaban J connectivity index is 2.32. The number of hydrogen-bond acceptors (Lipinski definition) is 5. The highest BCUT2D eigenvalue weighted by molar-refractivity contribution is 7.89. The molecular formula is C12H17N3O4S. The van der Waals surface area contributed by atoms with Gasteiger partial charge in [0, 0.05) is 18.7 Å². The molecule has 1 aliphatic carbocycles. The average molecular weight is 299 g/mol. The van der Waals surface area contributed by atoms with E-state index in [0.717, 1.165) is 12.5 Å². The van der Waals surface area contributed by atoms with E-state index in [2.05, 4.69) is 10.0 Å². The van der Waals surface area contributed by atoms with E-state index in [4.69, 9.17) is 0 Å². The number of nitro benzene ring substituents is 1. The lowest BCUT2D eigenvalue weighted by molar-refractivity contribution is -0.384. The molecule has 0 radical (unpaired) electrons. The molecule has 1 aliphatic rings. The minimum absolute atomic E-state index is 0.0625. The molecule has 8 heteroatoms. The van der Waals surface area contributed by atoms with Crippen LogP contribution in [0.2, 0.25) is 0 Å². The summed E-state index contributed by atoms with van der Waals surface area (Å²) in [6.45, 7) is 4.28. The molecule has 0 bridgehead atoms. The number of rotatable bonds is 6. The van der Waals surface area contributed by atoms with Crippen molar-refractivity contribution < 1.29 is 13.3 Å². The van der Waals surface area contributed by atoms with E-state index in [9.17, 15) is 18.5 Å². The summed E-state index contributed by atoms with van der Waals surface area (Å²) < 4.78 is 26.8. The zero-order chi connectivity index (χ0) is 14.9.